The van der Waals surface area contributed by atoms with Gasteiger partial charge in [-0.05, 0) is 65.2 Å². The molecular weight excluding hydrogens is 338 g/mol. The molecule has 2 rings (SSSR count). The van der Waals surface area contributed by atoms with E-state index < -0.39 is 10.0 Å². The molecule has 0 unspecified atom stereocenters. The van der Waals surface area contributed by atoms with E-state index in [2.05, 4.69) is 29.8 Å². The lowest BCUT2D eigenvalue weighted by Gasteiger charge is -2.33. The third-order valence-corrected chi connectivity index (χ3v) is 7.02. The molecule has 0 N–H and O–H groups in total. The van der Waals surface area contributed by atoms with Gasteiger partial charge in [0.05, 0.1) is 4.90 Å². The van der Waals surface area contributed by atoms with E-state index in [-0.39, 0.29) is 0 Å². The summed E-state index contributed by atoms with van der Waals surface area (Å²) in [5.74, 6) is 1.27. The van der Waals surface area contributed by atoms with Gasteiger partial charge in [-0.2, -0.15) is 4.31 Å². The quantitative estimate of drug-likeness (QED) is 0.822. The van der Waals surface area contributed by atoms with Crippen LogP contribution < -0.4 is 0 Å². The molecular formula is C15H22BrNO2S. The van der Waals surface area contributed by atoms with Crippen LogP contribution >= 0.6 is 15.9 Å². The van der Waals surface area contributed by atoms with Gasteiger partial charge in [0.15, 0.2) is 0 Å². The highest BCUT2D eigenvalue weighted by molar-refractivity contribution is 9.10. The van der Waals surface area contributed by atoms with Crippen LogP contribution in [0.15, 0.2) is 27.6 Å². The molecule has 0 amide bonds. The summed E-state index contributed by atoms with van der Waals surface area (Å²) in [6.45, 7) is 7.64. The standard InChI is InChI=1S/C15H22BrNO2S/c1-11(2)13-6-8-17(9-7-13)20(18,19)15-5-4-12(3)10-14(15)16/h4-5,10-11,13H,6-9H2,1-3H3. The maximum atomic E-state index is 12.7. The second-order valence-electron chi connectivity index (χ2n) is 5.92. The number of halogens is 1. The van der Waals surface area contributed by atoms with Crippen LogP contribution in [0.1, 0.15) is 32.3 Å². The lowest BCUT2D eigenvalue weighted by molar-refractivity contribution is 0.226. The molecule has 1 aliphatic rings. The fourth-order valence-electron chi connectivity index (χ4n) is 2.74. The first-order valence-electron chi connectivity index (χ1n) is 7.08. The zero-order chi connectivity index (χ0) is 14.9. The molecule has 1 aromatic carbocycles. The highest BCUT2D eigenvalue weighted by atomic mass is 79.9. The first-order valence-corrected chi connectivity index (χ1v) is 9.32. The average Bonchev–Trinajstić information content (AvgIpc) is 2.38. The maximum absolute atomic E-state index is 12.7. The number of piperidine rings is 1. The van der Waals surface area contributed by atoms with Gasteiger partial charge in [-0.25, -0.2) is 8.42 Å². The SMILES string of the molecule is Cc1ccc(S(=O)(=O)N2CCC(C(C)C)CC2)c(Br)c1. The molecule has 0 bridgehead atoms. The summed E-state index contributed by atoms with van der Waals surface area (Å²) in [6, 6.07) is 5.40. The number of hydrogen-bond donors (Lipinski definition) is 0. The lowest BCUT2D eigenvalue weighted by atomic mass is 9.87. The minimum atomic E-state index is -3.37. The molecule has 3 nitrogen and oxygen atoms in total. The van der Waals surface area contributed by atoms with Crippen LogP contribution in [0.2, 0.25) is 0 Å². The molecule has 0 aliphatic carbocycles. The van der Waals surface area contributed by atoms with E-state index >= 15 is 0 Å². The van der Waals surface area contributed by atoms with E-state index in [4.69, 9.17) is 0 Å². The number of hydrogen-bond acceptors (Lipinski definition) is 2. The van der Waals surface area contributed by atoms with Gasteiger partial charge in [-0.3, -0.25) is 0 Å². The first-order chi connectivity index (χ1) is 9.32. The van der Waals surface area contributed by atoms with Crippen molar-refractivity contribution in [3.8, 4) is 0 Å². The van der Waals surface area contributed by atoms with Crippen molar-refractivity contribution in [3.63, 3.8) is 0 Å². The highest BCUT2D eigenvalue weighted by Gasteiger charge is 2.31. The third-order valence-electron chi connectivity index (χ3n) is 4.15. The smallest absolute Gasteiger partial charge is 0.207 e. The fraction of sp³-hybridized carbons (Fsp3) is 0.600. The molecule has 1 heterocycles. The predicted molar refractivity (Wildman–Crippen MR) is 85.2 cm³/mol. The molecule has 0 radical (unpaired) electrons. The molecule has 1 aromatic rings. The average molecular weight is 360 g/mol. The largest absolute Gasteiger partial charge is 0.244 e. The first kappa shape index (κ1) is 16.0. The molecule has 0 aromatic heterocycles. The molecule has 20 heavy (non-hydrogen) atoms. The van der Waals surface area contributed by atoms with Crippen molar-refractivity contribution in [3.05, 3.63) is 28.2 Å². The minimum Gasteiger partial charge on any atom is -0.207 e. The van der Waals surface area contributed by atoms with Gasteiger partial charge in [0.2, 0.25) is 10.0 Å². The van der Waals surface area contributed by atoms with E-state index in [0.29, 0.717) is 34.3 Å². The zero-order valence-electron chi connectivity index (χ0n) is 12.3. The summed E-state index contributed by atoms with van der Waals surface area (Å²) in [5, 5.41) is 0. The van der Waals surface area contributed by atoms with E-state index in [1.165, 1.54) is 0 Å². The van der Waals surface area contributed by atoms with Crippen molar-refractivity contribution in [2.75, 3.05) is 13.1 Å². The van der Waals surface area contributed by atoms with Crippen molar-refractivity contribution in [1.29, 1.82) is 0 Å². The Bertz CT molecular complexity index is 576. The van der Waals surface area contributed by atoms with Crippen LogP contribution in [0.3, 0.4) is 0 Å². The highest BCUT2D eigenvalue weighted by Crippen LogP contribution is 2.31. The Morgan fingerprint density at radius 3 is 2.35 bits per heavy atom. The van der Waals surface area contributed by atoms with Crippen LogP contribution in [-0.4, -0.2) is 25.8 Å². The summed E-state index contributed by atoms with van der Waals surface area (Å²) in [5.41, 5.74) is 1.05. The molecule has 1 aliphatic heterocycles. The topological polar surface area (TPSA) is 37.4 Å². The molecule has 112 valence electrons. The van der Waals surface area contributed by atoms with Crippen molar-refractivity contribution in [2.45, 2.75) is 38.5 Å². The van der Waals surface area contributed by atoms with Crippen molar-refractivity contribution < 1.29 is 8.42 Å². The fourth-order valence-corrected chi connectivity index (χ4v) is 5.36. The van der Waals surface area contributed by atoms with Gasteiger partial charge >= 0.3 is 0 Å². The Kier molecular flexibility index (Phi) is 4.92. The van der Waals surface area contributed by atoms with E-state index in [0.717, 1.165) is 18.4 Å². The maximum Gasteiger partial charge on any atom is 0.244 e. The van der Waals surface area contributed by atoms with Gasteiger partial charge in [0.1, 0.15) is 0 Å². The van der Waals surface area contributed by atoms with E-state index in [1.54, 1.807) is 10.4 Å². The lowest BCUT2D eigenvalue weighted by Crippen LogP contribution is -2.39. The summed E-state index contributed by atoms with van der Waals surface area (Å²) in [6.07, 6.45) is 1.92. The molecule has 1 fully saturated rings. The van der Waals surface area contributed by atoms with Crippen molar-refractivity contribution in [1.82, 2.24) is 4.31 Å². The van der Waals surface area contributed by atoms with E-state index in [9.17, 15) is 8.42 Å². The second kappa shape index (κ2) is 6.16. The number of sulfonamides is 1. The Hall–Kier alpha value is -0.390. The molecule has 5 heteroatoms. The molecule has 0 atom stereocenters. The van der Waals surface area contributed by atoms with Gasteiger partial charge in [-0.1, -0.05) is 19.9 Å². The summed E-state index contributed by atoms with van der Waals surface area (Å²) in [4.78, 5) is 0.381. The molecule has 0 saturated carbocycles. The normalized spacial score (nSPS) is 18.6. The van der Waals surface area contributed by atoms with Gasteiger partial charge in [-0.15, -0.1) is 0 Å². The Balaban J connectivity index is 2.20. The van der Waals surface area contributed by atoms with Gasteiger partial charge in [0.25, 0.3) is 0 Å². The van der Waals surface area contributed by atoms with E-state index in [1.807, 2.05) is 19.1 Å². The molecule has 1 saturated heterocycles. The van der Waals surface area contributed by atoms with Crippen LogP contribution in [-0.2, 0) is 10.0 Å². The minimum absolute atomic E-state index is 0.381. The Morgan fingerprint density at radius 2 is 1.85 bits per heavy atom. The third kappa shape index (κ3) is 3.26. The summed E-state index contributed by atoms with van der Waals surface area (Å²) >= 11 is 3.38. The van der Waals surface area contributed by atoms with Crippen molar-refractivity contribution >= 4 is 26.0 Å². The Labute approximate surface area is 130 Å². The second-order valence-corrected chi connectivity index (χ2v) is 8.68. The monoisotopic (exact) mass is 359 g/mol. The molecule has 0 spiro atoms. The van der Waals surface area contributed by atoms with Crippen LogP contribution in [0, 0.1) is 18.8 Å². The van der Waals surface area contributed by atoms with Crippen LogP contribution in [0.5, 0.6) is 0 Å². The predicted octanol–water partition coefficient (Wildman–Crippen LogP) is 3.81. The number of aryl methyl sites for hydroxylation is 1. The zero-order valence-corrected chi connectivity index (χ0v) is 14.7. The summed E-state index contributed by atoms with van der Waals surface area (Å²) < 4.78 is 27.7. The van der Waals surface area contributed by atoms with Crippen LogP contribution in [0.4, 0.5) is 0 Å². The van der Waals surface area contributed by atoms with Gasteiger partial charge < -0.3 is 0 Å². The van der Waals surface area contributed by atoms with Crippen LogP contribution in [0.25, 0.3) is 0 Å². The summed E-state index contributed by atoms with van der Waals surface area (Å²) in [7, 11) is -3.37. The number of nitrogens with zero attached hydrogens (tertiary/aromatic N) is 1. The number of rotatable bonds is 3. The Morgan fingerprint density at radius 1 is 1.25 bits per heavy atom. The van der Waals surface area contributed by atoms with Gasteiger partial charge in [0, 0.05) is 17.6 Å². The number of benzene rings is 1. The van der Waals surface area contributed by atoms with Crippen molar-refractivity contribution in [2.24, 2.45) is 11.8 Å².